The topological polar surface area (TPSA) is 89.3 Å². The summed E-state index contributed by atoms with van der Waals surface area (Å²) >= 11 is 0. The van der Waals surface area contributed by atoms with Gasteiger partial charge in [-0.3, -0.25) is 9.59 Å². The zero-order valence-electron chi connectivity index (χ0n) is 18.0. The maximum atomic E-state index is 12.4. The molecule has 0 unspecified atom stereocenters. The first kappa shape index (κ1) is 20.9. The molecule has 0 bridgehead atoms. The number of aromatic nitrogens is 1. The zero-order valence-corrected chi connectivity index (χ0v) is 18.0. The lowest BCUT2D eigenvalue weighted by atomic mass is 9.98. The highest BCUT2D eigenvalue weighted by Gasteiger charge is 2.30. The number of pyridine rings is 1. The SMILES string of the molecule is CC(C)NC(=O)C(=O)N1CCN(c2nc(-c3ccccc3)c3c(c2C#N)CCC3)CC1. The van der Waals surface area contributed by atoms with Crippen LogP contribution in [0.1, 0.15) is 37.0 Å². The number of amides is 2. The maximum absolute atomic E-state index is 12.4. The van der Waals surface area contributed by atoms with Crippen molar-refractivity contribution in [2.75, 3.05) is 31.1 Å². The fraction of sp³-hybridized carbons (Fsp3) is 0.417. The minimum absolute atomic E-state index is 0.0806. The second-order valence-electron chi connectivity index (χ2n) is 8.35. The number of anilines is 1. The summed E-state index contributed by atoms with van der Waals surface area (Å²) in [5.41, 5.74) is 4.97. The number of nitriles is 1. The van der Waals surface area contributed by atoms with Gasteiger partial charge in [0.1, 0.15) is 11.9 Å². The van der Waals surface area contributed by atoms with Gasteiger partial charge in [0.2, 0.25) is 0 Å². The van der Waals surface area contributed by atoms with Gasteiger partial charge in [-0.15, -0.1) is 0 Å². The molecule has 1 aromatic heterocycles. The third-order valence-electron chi connectivity index (χ3n) is 5.89. The molecule has 160 valence electrons. The number of carbonyl (C=O) groups is 2. The molecule has 1 aromatic carbocycles. The monoisotopic (exact) mass is 417 g/mol. The average Bonchev–Trinajstić information content (AvgIpc) is 3.27. The lowest BCUT2D eigenvalue weighted by Gasteiger charge is -2.36. The molecule has 1 fully saturated rings. The molecular weight excluding hydrogens is 390 g/mol. The fourth-order valence-corrected chi connectivity index (χ4v) is 4.42. The molecule has 1 N–H and O–H groups in total. The van der Waals surface area contributed by atoms with E-state index in [9.17, 15) is 14.9 Å². The molecule has 0 spiro atoms. The molecule has 2 amide bonds. The van der Waals surface area contributed by atoms with Crippen molar-refractivity contribution in [3.8, 4) is 17.3 Å². The Kier molecular flexibility index (Phi) is 5.90. The van der Waals surface area contributed by atoms with Gasteiger partial charge in [-0.1, -0.05) is 30.3 Å². The molecule has 2 aliphatic rings. The highest BCUT2D eigenvalue weighted by Crippen LogP contribution is 2.37. The van der Waals surface area contributed by atoms with Crippen molar-refractivity contribution in [3.63, 3.8) is 0 Å². The predicted molar refractivity (Wildman–Crippen MR) is 118 cm³/mol. The smallest absolute Gasteiger partial charge is 0.312 e. The second kappa shape index (κ2) is 8.76. The average molecular weight is 418 g/mol. The van der Waals surface area contributed by atoms with Gasteiger partial charge < -0.3 is 15.1 Å². The van der Waals surface area contributed by atoms with Crippen LogP contribution in [0.3, 0.4) is 0 Å². The molecule has 1 aliphatic heterocycles. The van der Waals surface area contributed by atoms with E-state index in [1.54, 1.807) is 4.90 Å². The number of carbonyl (C=O) groups excluding carboxylic acids is 2. The Morgan fingerprint density at radius 1 is 1.06 bits per heavy atom. The van der Waals surface area contributed by atoms with Gasteiger partial charge in [-0.05, 0) is 44.2 Å². The van der Waals surface area contributed by atoms with E-state index < -0.39 is 11.8 Å². The normalized spacial score (nSPS) is 15.5. The number of nitrogens with one attached hydrogen (secondary N) is 1. The Labute approximate surface area is 182 Å². The van der Waals surface area contributed by atoms with Crippen molar-refractivity contribution in [2.45, 2.75) is 39.2 Å². The number of rotatable bonds is 3. The first-order valence-corrected chi connectivity index (χ1v) is 10.9. The van der Waals surface area contributed by atoms with Crippen LogP contribution in [-0.4, -0.2) is 53.9 Å². The van der Waals surface area contributed by atoms with Gasteiger partial charge in [-0.25, -0.2) is 4.98 Å². The van der Waals surface area contributed by atoms with E-state index in [4.69, 9.17) is 4.98 Å². The van der Waals surface area contributed by atoms with E-state index in [1.165, 1.54) is 5.56 Å². The second-order valence-corrected chi connectivity index (χ2v) is 8.35. The molecule has 0 saturated carbocycles. The van der Waals surface area contributed by atoms with Crippen LogP contribution in [0.2, 0.25) is 0 Å². The number of piperazine rings is 1. The Bertz CT molecular complexity index is 1030. The zero-order chi connectivity index (χ0) is 22.0. The minimum Gasteiger partial charge on any atom is -0.352 e. The first-order valence-electron chi connectivity index (χ1n) is 10.9. The van der Waals surface area contributed by atoms with E-state index in [0.29, 0.717) is 37.6 Å². The molecule has 1 aliphatic carbocycles. The van der Waals surface area contributed by atoms with E-state index >= 15 is 0 Å². The Morgan fingerprint density at radius 3 is 2.39 bits per heavy atom. The summed E-state index contributed by atoms with van der Waals surface area (Å²) in [6.45, 7) is 5.58. The quantitative estimate of drug-likeness (QED) is 0.774. The van der Waals surface area contributed by atoms with Crippen LogP contribution in [0.15, 0.2) is 30.3 Å². The van der Waals surface area contributed by atoms with Crippen molar-refractivity contribution < 1.29 is 9.59 Å². The summed E-state index contributed by atoms with van der Waals surface area (Å²) in [5, 5.41) is 12.6. The summed E-state index contributed by atoms with van der Waals surface area (Å²) in [6.07, 6.45) is 2.86. The molecule has 1 saturated heterocycles. The number of fused-ring (bicyclic) bond motifs is 1. The van der Waals surface area contributed by atoms with Crippen LogP contribution in [0.25, 0.3) is 11.3 Å². The molecule has 7 nitrogen and oxygen atoms in total. The molecule has 7 heteroatoms. The van der Waals surface area contributed by atoms with Crippen LogP contribution >= 0.6 is 0 Å². The Balaban J connectivity index is 1.60. The van der Waals surface area contributed by atoms with Crippen molar-refractivity contribution in [2.24, 2.45) is 0 Å². The molecule has 4 rings (SSSR count). The van der Waals surface area contributed by atoms with Crippen LogP contribution in [0.4, 0.5) is 5.82 Å². The summed E-state index contributed by atoms with van der Waals surface area (Å²) in [5.74, 6) is -0.371. The molecular formula is C24H27N5O2. The van der Waals surface area contributed by atoms with Crippen molar-refractivity contribution in [3.05, 3.63) is 47.0 Å². The lowest BCUT2D eigenvalue weighted by Crippen LogP contribution is -2.53. The van der Waals surface area contributed by atoms with Gasteiger partial charge in [0.05, 0.1) is 11.3 Å². The standard InChI is InChI=1S/C24H27N5O2/c1-16(2)26-23(30)24(31)29-13-11-28(12-14-29)22-20(15-25)18-9-6-10-19(18)21(27-22)17-7-4-3-5-8-17/h3-5,7-8,16H,6,9-14H2,1-2H3,(H,26,30). The highest BCUT2D eigenvalue weighted by atomic mass is 16.2. The Hall–Kier alpha value is -3.40. The van der Waals surface area contributed by atoms with Gasteiger partial charge in [0.25, 0.3) is 0 Å². The summed E-state index contributed by atoms with van der Waals surface area (Å²) in [4.78, 5) is 33.1. The largest absolute Gasteiger partial charge is 0.352 e. The van der Waals surface area contributed by atoms with Crippen LogP contribution in [0, 0.1) is 11.3 Å². The first-order chi connectivity index (χ1) is 15.0. The van der Waals surface area contributed by atoms with E-state index in [1.807, 2.05) is 32.0 Å². The Morgan fingerprint density at radius 2 is 1.74 bits per heavy atom. The van der Waals surface area contributed by atoms with Crippen molar-refractivity contribution >= 4 is 17.6 Å². The molecule has 2 aromatic rings. The predicted octanol–water partition coefficient (Wildman–Crippen LogP) is 2.28. The summed E-state index contributed by atoms with van der Waals surface area (Å²) in [7, 11) is 0. The summed E-state index contributed by atoms with van der Waals surface area (Å²) < 4.78 is 0. The van der Waals surface area contributed by atoms with Gasteiger partial charge >= 0.3 is 11.8 Å². The van der Waals surface area contributed by atoms with Crippen LogP contribution in [0.5, 0.6) is 0 Å². The number of hydrogen-bond acceptors (Lipinski definition) is 5. The van der Waals surface area contributed by atoms with E-state index in [-0.39, 0.29) is 6.04 Å². The van der Waals surface area contributed by atoms with Crippen molar-refractivity contribution in [1.82, 2.24) is 15.2 Å². The highest BCUT2D eigenvalue weighted by molar-refractivity contribution is 6.35. The maximum Gasteiger partial charge on any atom is 0.312 e. The number of hydrogen-bond donors (Lipinski definition) is 1. The van der Waals surface area contributed by atoms with Gasteiger partial charge in [0.15, 0.2) is 0 Å². The van der Waals surface area contributed by atoms with E-state index in [2.05, 4.69) is 28.4 Å². The number of nitrogens with zero attached hydrogens (tertiary/aromatic N) is 4. The van der Waals surface area contributed by atoms with Crippen LogP contribution < -0.4 is 10.2 Å². The van der Waals surface area contributed by atoms with Crippen molar-refractivity contribution in [1.29, 1.82) is 5.26 Å². The summed E-state index contributed by atoms with van der Waals surface area (Å²) in [6, 6.07) is 12.4. The third-order valence-corrected chi connectivity index (χ3v) is 5.89. The van der Waals surface area contributed by atoms with E-state index in [0.717, 1.165) is 36.1 Å². The third kappa shape index (κ3) is 4.11. The molecule has 2 heterocycles. The molecule has 31 heavy (non-hydrogen) atoms. The van der Waals surface area contributed by atoms with Gasteiger partial charge in [0, 0.05) is 37.8 Å². The van der Waals surface area contributed by atoms with Crippen LogP contribution in [-0.2, 0) is 22.4 Å². The molecule has 0 atom stereocenters. The van der Waals surface area contributed by atoms with Gasteiger partial charge in [-0.2, -0.15) is 5.26 Å². The lowest BCUT2D eigenvalue weighted by molar-refractivity contribution is -0.146. The number of benzene rings is 1. The fourth-order valence-electron chi connectivity index (χ4n) is 4.42. The minimum atomic E-state index is -0.566. The molecule has 0 radical (unpaired) electrons.